The smallest absolute Gasteiger partial charge is 0.257 e. The van der Waals surface area contributed by atoms with Crippen LogP contribution in [-0.2, 0) is 0 Å². The zero-order valence-corrected chi connectivity index (χ0v) is 18.8. The third-order valence-corrected chi connectivity index (χ3v) is 7.17. The van der Waals surface area contributed by atoms with E-state index in [9.17, 15) is 4.79 Å². The van der Waals surface area contributed by atoms with Gasteiger partial charge in [0, 0.05) is 30.9 Å². The van der Waals surface area contributed by atoms with Crippen LogP contribution in [0.5, 0.6) is 0 Å². The molecule has 1 saturated heterocycles. The van der Waals surface area contributed by atoms with Crippen molar-refractivity contribution in [2.45, 2.75) is 64.3 Å². The number of aromatic nitrogens is 4. The van der Waals surface area contributed by atoms with Gasteiger partial charge in [0.25, 0.3) is 5.91 Å². The molecule has 0 spiro atoms. The molecule has 0 radical (unpaired) electrons. The summed E-state index contributed by atoms with van der Waals surface area (Å²) in [5.74, 6) is 1.23. The first kappa shape index (κ1) is 20.4. The lowest BCUT2D eigenvalue weighted by atomic mass is 9.98. The van der Waals surface area contributed by atoms with Crippen LogP contribution in [0, 0.1) is 12.8 Å². The van der Waals surface area contributed by atoms with Crippen molar-refractivity contribution in [1.82, 2.24) is 24.5 Å². The van der Waals surface area contributed by atoms with E-state index >= 15 is 0 Å². The number of nitrogens with zero attached hydrogens (tertiary/aromatic N) is 5. The number of likely N-dealkylation sites (tertiary alicyclic amines) is 1. The molecular formula is C24H28ClN5O. The van der Waals surface area contributed by atoms with Crippen molar-refractivity contribution in [2.75, 3.05) is 6.54 Å². The molecule has 0 bridgehead atoms. The molecule has 2 fully saturated rings. The molecule has 1 aliphatic carbocycles. The normalized spacial score (nSPS) is 24.1. The molecule has 1 aliphatic heterocycles. The van der Waals surface area contributed by atoms with Crippen LogP contribution in [0.25, 0.3) is 5.65 Å². The van der Waals surface area contributed by atoms with Crippen LogP contribution >= 0.6 is 11.6 Å². The number of fused-ring (bicyclic) bond motifs is 1. The van der Waals surface area contributed by atoms with E-state index in [1.165, 1.54) is 30.5 Å². The van der Waals surface area contributed by atoms with E-state index in [0.29, 0.717) is 18.0 Å². The van der Waals surface area contributed by atoms with E-state index in [1.807, 2.05) is 9.42 Å². The zero-order chi connectivity index (χ0) is 21.5. The Morgan fingerprint density at radius 2 is 2.10 bits per heavy atom. The van der Waals surface area contributed by atoms with Crippen LogP contribution in [0.1, 0.15) is 84.7 Å². The highest BCUT2D eigenvalue weighted by Crippen LogP contribution is 2.39. The highest BCUT2D eigenvalue weighted by atomic mass is 35.5. The van der Waals surface area contributed by atoms with Crippen LogP contribution in [0.2, 0.25) is 5.15 Å². The van der Waals surface area contributed by atoms with Gasteiger partial charge in [-0.05, 0) is 62.6 Å². The number of aryl methyl sites for hydroxylation is 1. The average molecular weight is 438 g/mol. The number of amides is 1. The van der Waals surface area contributed by atoms with Gasteiger partial charge in [0.1, 0.15) is 5.15 Å². The molecule has 3 aromatic rings. The summed E-state index contributed by atoms with van der Waals surface area (Å²) in [5.41, 5.74) is 4.62. The summed E-state index contributed by atoms with van der Waals surface area (Å²) >= 11 is 6.22. The van der Waals surface area contributed by atoms with Gasteiger partial charge in [0.05, 0.1) is 23.0 Å². The Balaban J connectivity index is 1.48. The molecular weight excluding hydrogens is 410 g/mol. The fraction of sp³-hybridized carbons (Fsp3) is 0.500. The minimum atomic E-state index is -0.0790. The van der Waals surface area contributed by atoms with E-state index < -0.39 is 0 Å². The summed E-state index contributed by atoms with van der Waals surface area (Å²) in [4.78, 5) is 24.3. The number of carbonyl (C=O) groups excluding carboxylic acids is 1. The summed E-state index contributed by atoms with van der Waals surface area (Å²) in [6.45, 7) is 5.15. The van der Waals surface area contributed by atoms with Crippen molar-refractivity contribution in [3.05, 3.63) is 58.3 Å². The first-order valence-electron chi connectivity index (χ1n) is 11.3. The van der Waals surface area contributed by atoms with E-state index in [-0.39, 0.29) is 17.1 Å². The van der Waals surface area contributed by atoms with Gasteiger partial charge < -0.3 is 4.90 Å². The fourth-order valence-electron chi connectivity index (χ4n) is 5.26. The average Bonchev–Trinajstić information content (AvgIpc) is 3.38. The molecule has 0 aromatic carbocycles. The van der Waals surface area contributed by atoms with E-state index in [2.05, 4.69) is 31.1 Å². The quantitative estimate of drug-likeness (QED) is 0.517. The van der Waals surface area contributed by atoms with Crippen molar-refractivity contribution in [1.29, 1.82) is 0 Å². The maximum absolute atomic E-state index is 13.3. The van der Waals surface area contributed by atoms with Crippen molar-refractivity contribution >= 4 is 23.2 Å². The minimum absolute atomic E-state index is 0.0746. The van der Waals surface area contributed by atoms with Crippen LogP contribution in [-0.4, -0.2) is 36.9 Å². The number of halogens is 1. The monoisotopic (exact) mass is 437 g/mol. The predicted molar refractivity (Wildman–Crippen MR) is 120 cm³/mol. The zero-order valence-electron chi connectivity index (χ0n) is 18.1. The van der Waals surface area contributed by atoms with Gasteiger partial charge in [-0.15, -0.1) is 0 Å². The fourth-order valence-corrected chi connectivity index (χ4v) is 5.46. The summed E-state index contributed by atoms with van der Waals surface area (Å²) in [6, 6.07) is 5.48. The molecule has 1 unspecified atom stereocenters. The lowest BCUT2D eigenvalue weighted by molar-refractivity contribution is 0.0605. The van der Waals surface area contributed by atoms with E-state index in [1.54, 1.807) is 18.3 Å². The highest BCUT2D eigenvalue weighted by molar-refractivity contribution is 6.32. The molecule has 5 rings (SSSR count). The second-order valence-corrected chi connectivity index (χ2v) is 9.51. The number of piperidine rings is 1. The lowest BCUT2D eigenvalue weighted by Gasteiger charge is -2.34. The first-order valence-corrected chi connectivity index (χ1v) is 11.7. The van der Waals surface area contributed by atoms with Crippen molar-refractivity contribution in [3.63, 3.8) is 0 Å². The van der Waals surface area contributed by atoms with Crippen molar-refractivity contribution in [2.24, 2.45) is 5.92 Å². The Hall–Kier alpha value is -2.47. The molecule has 2 aliphatic rings. The SMILES string of the molecule is Cc1cn2nc([C@@H]3CCCCN3C(=O)c3cccnc3Cl)cc2nc1C1CC[C@H](C)C1. The standard InChI is InChI=1S/C24H28ClN5O/c1-15-8-9-17(12-15)22-16(2)14-30-21(27-22)13-19(28-30)20-7-3-4-11-29(20)24(31)18-6-5-10-26-23(18)25/h5-6,10,13-15,17,20H,3-4,7-9,11-12H2,1-2H3/t15-,17?,20-/m0/s1. The first-order chi connectivity index (χ1) is 15.0. The van der Waals surface area contributed by atoms with Crippen molar-refractivity contribution in [3.8, 4) is 0 Å². The maximum Gasteiger partial charge on any atom is 0.257 e. The van der Waals surface area contributed by atoms with Gasteiger partial charge in [0.2, 0.25) is 0 Å². The number of hydrogen-bond donors (Lipinski definition) is 0. The van der Waals surface area contributed by atoms with Gasteiger partial charge in [-0.2, -0.15) is 5.10 Å². The molecule has 31 heavy (non-hydrogen) atoms. The Labute approximate surface area is 187 Å². The van der Waals surface area contributed by atoms with Crippen LogP contribution in [0.15, 0.2) is 30.6 Å². The molecule has 6 nitrogen and oxygen atoms in total. The van der Waals surface area contributed by atoms with Gasteiger partial charge in [-0.25, -0.2) is 14.5 Å². The van der Waals surface area contributed by atoms with Gasteiger partial charge in [-0.3, -0.25) is 4.79 Å². The molecule has 1 amide bonds. The second-order valence-electron chi connectivity index (χ2n) is 9.15. The Bertz CT molecular complexity index is 1130. The summed E-state index contributed by atoms with van der Waals surface area (Å²) < 4.78 is 1.88. The third kappa shape index (κ3) is 3.82. The van der Waals surface area contributed by atoms with Crippen LogP contribution < -0.4 is 0 Å². The van der Waals surface area contributed by atoms with Gasteiger partial charge in [0.15, 0.2) is 5.65 Å². The Kier molecular flexibility index (Phi) is 5.42. The number of carbonyl (C=O) groups is 1. The van der Waals surface area contributed by atoms with Gasteiger partial charge in [-0.1, -0.05) is 24.9 Å². The highest BCUT2D eigenvalue weighted by Gasteiger charge is 2.32. The van der Waals surface area contributed by atoms with Crippen LogP contribution in [0.3, 0.4) is 0 Å². The predicted octanol–water partition coefficient (Wildman–Crippen LogP) is 5.36. The molecule has 3 atom stereocenters. The summed E-state index contributed by atoms with van der Waals surface area (Å²) in [5, 5.41) is 5.09. The third-order valence-electron chi connectivity index (χ3n) is 6.87. The summed E-state index contributed by atoms with van der Waals surface area (Å²) in [7, 11) is 0. The topological polar surface area (TPSA) is 63.4 Å². The number of rotatable bonds is 3. The molecule has 4 heterocycles. The lowest BCUT2D eigenvalue weighted by Crippen LogP contribution is -2.38. The molecule has 7 heteroatoms. The second kappa shape index (κ2) is 8.23. The molecule has 1 saturated carbocycles. The van der Waals surface area contributed by atoms with E-state index in [4.69, 9.17) is 21.7 Å². The Morgan fingerprint density at radius 1 is 1.23 bits per heavy atom. The summed E-state index contributed by atoms with van der Waals surface area (Å²) in [6.07, 6.45) is 10.3. The van der Waals surface area contributed by atoms with Crippen molar-refractivity contribution < 1.29 is 4.79 Å². The van der Waals surface area contributed by atoms with Crippen LogP contribution in [0.4, 0.5) is 0 Å². The minimum Gasteiger partial charge on any atom is -0.330 e. The molecule has 0 N–H and O–H groups in total. The molecule has 162 valence electrons. The maximum atomic E-state index is 13.3. The van der Waals surface area contributed by atoms with Gasteiger partial charge >= 0.3 is 0 Å². The Morgan fingerprint density at radius 3 is 2.87 bits per heavy atom. The molecule has 3 aromatic heterocycles. The largest absolute Gasteiger partial charge is 0.330 e. The van der Waals surface area contributed by atoms with E-state index in [0.717, 1.165) is 36.5 Å². The number of hydrogen-bond acceptors (Lipinski definition) is 4. The number of pyridine rings is 1.